The minimum Gasteiger partial charge on any atom is -0.433 e. The van der Waals surface area contributed by atoms with Crippen LogP contribution in [0.15, 0.2) is 34.7 Å². The molecule has 0 unspecified atom stereocenters. The second kappa shape index (κ2) is 4.93. The molecule has 0 aliphatic carbocycles. The van der Waals surface area contributed by atoms with Crippen molar-refractivity contribution in [3.05, 3.63) is 41.8 Å². The molecular formula is C13H14N2O2. The van der Waals surface area contributed by atoms with E-state index < -0.39 is 0 Å². The summed E-state index contributed by atoms with van der Waals surface area (Å²) in [6.07, 6.45) is 0. The van der Waals surface area contributed by atoms with Crippen molar-refractivity contribution in [2.45, 2.75) is 6.92 Å². The Morgan fingerprint density at radius 2 is 2.06 bits per heavy atom. The van der Waals surface area contributed by atoms with Crippen molar-refractivity contribution in [2.75, 3.05) is 13.6 Å². The smallest absolute Gasteiger partial charge is 0.227 e. The van der Waals surface area contributed by atoms with E-state index in [-0.39, 0.29) is 12.3 Å². The Balaban J connectivity index is 2.34. The third kappa shape index (κ3) is 2.42. The summed E-state index contributed by atoms with van der Waals surface area (Å²) in [5.41, 5.74) is 1.50. The van der Waals surface area contributed by atoms with Crippen LogP contribution in [-0.4, -0.2) is 24.4 Å². The van der Waals surface area contributed by atoms with E-state index in [9.17, 15) is 4.79 Å². The number of likely N-dealkylation sites (N-methyl/N-ethyl adjacent to an activating group) is 1. The minimum atomic E-state index is -0.0836. The lowest BCUT2D eigenvalue weighted by Crippen LogP contribution is -2.18. The van der Waals surface area contributed by atoms with Crippen molar-refractivity contribution in [1.29, 1.82) is 0 Å². The van der Waals surface area contributed by atoms with E-state index in [1.54, 1.807) is 14.0 Å². The number of benzene rings is 1. The normalized spacial score (nSPS) is 10.5. The molecule has 0 spiro atoms. The third-order valence-corrected chi connectivity index (χ3v) is 2.41. The Bertz CT molecular complexity index is 517. The number of aromatic nitrogens is 1. The molecule has 0 saturated heterocycles. The van der Waals surface area contributed by atoms with Gasteiger partial charge in [0.05, 0.1) is 12.2 Å². The van der Waals surface area contributed by atoms with Gasteiger partial charge in [0.25, 0.3) is 0 Å². The van der Waals surface area contributed by atoms with Gasteiger partial charge in [-0.05, 0) is 26.1 Å². The highest BCUT2D eigenvalue weighted by molar-refractivity contribution is 5.96. The molecule has 0 saturated carbocycles. The number of nitrogens with zero attached hydrogens (tertiary/aromatic N) is 1. The number of rotatable bonds is 4. The summed E-state index contributed by atoms with van der Waals surface area (Å²) in [4.78, 5) is 16.0. The Morgan fingerprint density at radius 1 is 1.35 bits per heavy atom. The second-order valence-electron chi connectivity index (χ2n) is 3.75. The van der Waals surface area contributed by atoms with E-state index in [1.165, 1.54) is 0 Å². The van der Waals surface area contributed by atoms with Crippen molar-refractivity contribution >= 4 is 5.78 Å². The molecule has 0 bridgehead atoms. The van der Waals surface area contributed by atoms with Crippen molar-refractivity contribution in [2.24, 2.45) is 0 Å². The van der Waals surface area contributed by atoms with E-state index in [0.29, 0.717) is 17.3 Å². The number of oxazole rings is 1. The molecule has 2 rings (SSSR count). The standard InChI is InChI=1S/C13H14N2O2/c1-9-12(11(16)8-14-2)17-13(15-9)10-6-4-3-5-7-10/h3-7,14H,8H2,1-2H3. The molecular weight excluding hydrogens is 216 g/mol. The van der Waals surface area contributed by atoms with Crippen LogP contribution in [0.25, 0.3) is 11.5 Å². The number of ketones is 1. The minimum absolute atomic E-state index is 0.0836. The fourth-order valence-corrected chi connectivity index (χ4v) is 1.60. The van der Waals surface area contributed by atoms with Crippen molar-refractivity contribution < 1.29 is 9.21 Å². The van der Waals surface area contributed by atoms with Gasteiger partial charge in [0.2, 0.25) is 11.7 Å². The zero-order valence-electron chi connectivity index (χ0n) is 9.86. The second-order valence-corrected chi connectivity index (χ2v) is 3.75. The predicted octanol–water partition coefficient (Wildman–Crippen LogP) is 2.05. The number of carbonyl (C=O) groups is 1. The topological polar surface area (TPSA) is 55.1 Å². The molecule has 1 heterocycles. The van der Waals surface area contributed by atoms with Gasteiger partial charge in [0, 0.05) is 5.56 Å². The molecule has 88 valence electrons. The Kier molecular flexibility index (Phi) is 3.35. The zero-order chi connectivity index (χ0) is 12.3. The number of hydrogen-bond acceptors (Lipinski definition) is 4. The van der Waals surface area contributed by atoms with Gasteiger partial charge in [-0.1, -0.05) is 18.2 Å². The summed E-state index contributed by atoms with van der Waals surface area (Å²) in [6, 6.07) is 9.54. The molecule has 17 heavy (non-hydrogen) atoms. The first-order valence-corrected chi connectivity index (χ1v) is 5.43. The van der Waals surface area contributed by atoms with Gasteiger partial charge in [-0.25, -0.2) is 4.98 Å². The van der Waals surface area contributed by atoms with Gasteiger partial charge in [0.15, 0.2) is 5.76 Å². The molecule has 0 radical (unpaired) electrons. The Hall–Kier alpha value is -1.94. The van der Waals surface area contributed by atoms with Crippen LogP contribution in [-0.2, 0) is 0 Å². The van der Waals surface area contributed by atoms with E-state index in [0.717, 1.165) is 5.56 Å². The zero-order valence-corrected chi connectivity index (χ0v) is 9.86. The Morgan fingerprint density at radius 3 is 2.71 bits per heavy atom. The summed E-state index contributed by atoms with van der Waals surface area (Å²) in [6.45, 7) is 2.03. The number of aryl methyl sites for hydroxylation is 1. The molecule has 1 aromatic heterocycles. The molecule has 0 aliphatic heterocycles. The van der Waals surface area contributed by atoms with Crippen molar-refractivity contribution in [3.63, 3.8) is 0 Å². The third-order valence-electron chi connectivity index (χ3n) is 2.41. The molecule has 0 amide bonds. The summed E-state index contributed by atoms with van der Waals surface area (Å²) >= 11 is 0. The van der Waals surface area contributed by atoms with Gasteiger partial charge in [-0.15, -0.1) is 0 Å². The monoisotopic (exact) mass is 230 g/mol. The highest BCUT2D eigenvalue weighted by Gasteiger charge is 2.17. The molecule has 2 aromatic rings. The molecule has 1 aromatic carbocycles. The number of hydrogen-bond donors (Lipinski definition) is 1. The van der Waals surface area contributed by atoms with Crippen LogP contribution in [0.1, 0.15) is 16.2 Å². The largest absolute Gasteiger partial charge is 0.433 e. The molecule has 0 atom stereocenters. The van der Waals surface area contributed by atoms with Crippen LogP contribution in [0.5, 0.6) is 0 Å². The van der Waals surface area contributed by atoms with Crippen LogP contribution in [0, 0.1) is 6.92 Å². The van der Waals surface area contributed by atoms with E-state index in [1.807, 2.05) is 30.3 Å². The quantitative estimate of drug-likeness (QED) is 0.817. The highest BCUT2D eigenvalue weighted by atomic mass is 16.4. The maximum atomic E-state index is 11.7. The van der Waals surface area contributed by atoms with Crippen LogP contribution in [0.3, 0.4) is 0 Å². The molecule has 4 heteroatoms. The number of Topliss-reactive ketones (excluding diaryl/α,β-unsaturated/α-hetero) is 1. The molecule has 0 fully saturated rings. The maximum absolute atomic E-state index is 11.7. The first-order valence-electron chi connectivity index (χ1n) is 5.43. The number of nitrogens with one attached hydrogen (secondary N) is 1. The van der Waals surface area contributed by atoms with Crippen LogP contribution in [0.4, 0.5) is 0 Å². The predicted molar refractivity (Wildman–Crippen MR) is 64.9 cm³/mol. The lowest BCUT2D eigenvalue weighted by molar-refractivity contribution is 0.0967. The Labute approximate surface area is 99.7 Å². The average Bonchev–Trinajstić information content (AvgIpc) is 2.73. The molecule has 0 aliphatic rings. The molecule has 1 N–H and O–H groups in total. The summed E-state index contributed by atoms with van der Waals surface area (Å²) in [7, 11) is 1.72. The van der Waals surface area contributed by atoms with Crippen LogP contribution < -0.4 is 5.32 Å². The fraction of sp³-hybridized carbons (Fsp3) is 0.231. The highest BCUT2D eigenvalue weighted by Crippen LogP contribution is 2.21. The lowest BCUT2D eigenvalue weighted by atomic mass is 10.2. The van der Waals surface area contributed by atoms with Gasteiger partial charge in [-0.2, -0.15) is 0 Å². The van der Waals surface area contributed by atoms with E-state index in [2.05, 4.69) is 10.3 Å². The fourth-order valence-electron chi connectivity index (χ4n) is 1.60. The number of carbonyl (C=O) groups excluding carboxylic acids is 1. The first-order chi connectivity index (χ1) is 8.22. The summed E-state index contributed by atoms with van der Waals surface area (Å²) in [5, 5.41) is 2.80. The van der Waals surface area contributed by atoms with Gasteiger partial charge in [0.1, 0.15) is 0 Å². The summed E-state index contributed by atoms with van der Waals surface area (Å²) < 4.78 is 5.51. The summed E-state index contributed by atoms with van der Waals surface area (Å²) in [5.74, 6) is 0.737. The van der Waals surface area contributed by atoms with Crippen LogP contribution >= 0.6 is 0 Å². The average molecular weight is 230 g/mol. The lowest BCUT2D eigenvalue weighted by Gasteiger charge is -1.95. The van der Waals surface area contributed by atoms with Crippen molar-refractivity contribution in [3.8, 4) is 11.5 Å². The molecule has 4 nitrogen and oxygen atoms in total. The first kappa shape index (κ1) is 11.5. The van der Waals surface area contributed by atoms with E-state index >= 15 is 0 Å². The SMILES string of the molecule is CNCC(=O)c1oc(-c2ccccc2)nc1C. The van der Waals surface area contributed by atoms with Gasteiger partial charge in [-0.3, -0.25) is 4.79 Å². The van der Waals surface area contributed by atoms with Crippen molar-refractivity contribution in [1.82, 2.24) is 10.3 Å². The van der Waals surface area contributed by atoms with E-state index in [4.69, 9.17) is 4.42 Å². The van der Waals surface area contributed by atoms with Crippen LogP contribution in [0.2, 0.25) is 0 Å². The van der Waals surface area contributed by atoms with Gasteiger partial charge >= 0.3 is 0 Å². The van der Waals surface area contributed by atoms with Gasteiger partial charge < -0.3 is 9.73 Å². The maximum Gasteiger partial charge on any atom is 0.227 e.